The van der Waals surface area contributed by atoms with Crippen molar-refractivity contribution in [2.75, 3.05) is 7.11 Å². The second-order valence-corrected chi connectivity index (χ2v) is 4.55. The maximum atomic E-state index is 11.4. The fourth-order valence-electron chi connectivity index (χ4n) is 2.36. The maximum absolute atomic E-state index is 11.4. The third kappa shape index (κ3) is 1.11. The Morgan fingerprint density at radius 3 is 2.46 bits per heavy atom. The van der Waals surface area contributed by atoms with Gasteiger partial charge in [-0.15, -0.1) is 0 Å². The summed E-state index contributed by atoms with van der Waals surface area (Å²) in [4.78, 5) is 11.4. The normalized spacial score (nSPS) is 29.6. The standard InChI is InChI=1S/C11H16O2/c1-11(2)8(7-5-4-6-7)9(11)10(12)13-3/h9H,4-6H2,1-3H3. The highest BCUT2D eigenvalue weighted by Gasteiger charge is 2.59. The van der Waals surface area contributed by atoms with Gasteiger partial charge in [-0.25, -0.2) is 0 Å². The summed E-state index contributed by atoms with van der Waals surface area (Å²) in [5.74, 6) is 0.00667. The summed E-state index contributed by atoms with van der Waals surface area (Å²) in [5.41, 5.74) is 2.97. The maximum Gasteiger partial charge on any atom is 0.313 e. The van der Waals surface area contributed by atoms with E-state index in [1.54, 1.807) is 0 Å². The molecule has 2 aliphatic rings. The van der Waals surface area contributed by atoms with Crippen LogP contribution >= 0.6 is 0 Å². The van der Waals surface area contributed by atoms with E-state index >= 15 is 0 Å². The lowest BCUT2D eigenvalue weighted by Gasteiger charge is -2.16. The van der Waals surface area contributed by atoms with Gasteiger partial charge in [0.25, 0.3) is 0 Å². The molecule has 2 saturated carbocycles. The Balaban J connectivity index is 2.20. The van der Waals surface area contributed by atoms with Gasteiger partial charge in [-0.05, 0) is 24.8 Å². The van der Waals surface area contributed by atoms with Gasteiger partial charge < -0.3 is 4.74 Å². The summed E-state index contributed by atoms with van der Waals surface area (Å²) < 4.78 is 4.79. The van der Waals surface area contributed by atoms with Gasteiger partial charge >= 0.3 is 5.97 Å². The Morgan fingerprint density at radius 2 is 2.08 bits per heavy atom. The van der Waals surface area contributed by atoms with Crippen LogP contribution < -0.4 is 0 Å². The quantitative estimate of drug-likeness (QED) is 0.457. The molecule has 0 amide bonds. The molecule has 2 heteroatoms. The highest BCUT2D eigenvalue weighted by Crippen LogP contribution is 2.62. The zero-order valence-corrected chi connectivity index (χ0v) is 8.52. The van der Waals surface area contributed by atoms with Crippen LogP contribution in [0.3, 0.4) is 0 Å². The Labute approximate surface area is 79.0 Å². The summed E-state index contributed by atoms with van der Waals surface area (Å²) in [6, 6.07) is 0. The van der Waals surface area contributed by atoms with Crippen LogP contribution in [0, 0.1) is 11.3 Å². The number of rotatable bonds is 1. The molecule has 0 N–H and O–H groups in total. The minimum Gasteiger partial charge on any atom is -0.469 e. The lowest BCUT2D eigenvalue weighted by molar-refractivity contribution is -0.142. The monoisotopic (exact) mass is 180 g/mol. The van der Waals surface area contributed by atoms with E-state index in [-0.39, 0.29) is 17.3 Å². The van der Waals surface area contributed by atoms with Gasteiger partial charge in [0.05, 0.1) is 13.0 Å². The van der Waals surface area contributed by atoms with Crippen LogP contribution in [0.15, 0.2) is 11.1 Å². The van der Waals surface area contributed by atoms with Crippen LogP contribution in [-0.2, 0) is 9.53 Å². The van der Waals surface area contributed by atoms with Crippen LogP contribution in [0.2, 0.25) is 0 Å². The molecule has 2 rings (SSSR count). The van der Waals surface area contributed by atoms with E-state index in [1.807, 2.05) is 0 Å². The molecule has 0 spiro atoms. The molecule has 1 atom stereocenters. The van der Waals surface area contributed by atoms with Crippen molar-refractivity contribution in [3.05, 3.63) is 11.1 Å². The predicted octanol–water partition coefficient (Wildman–Crippen LogP) is 2.30. The molecular formula is C11H16O2. The third-order valence-corrected chi connectivity index (χ3v) is 3.40. The van der Waals surface area contributed by atoms with Gasteiger partial charge in [-0.1, -0.05) is 19.4 Å². The summed E-state index contributed by atoms with van der Waals surface area (Å²) in [5, 5.41) is 0. The average Bonchev–Trinajstić information content (AvgIpc) is 2.50. The molecule has 2 fully saturated rings. The molecule has 2 aliphatic carbocycles. The van der Waals surface area contributed by atoms with E-state index in [1.165, 1.54) is 37.5 Å². The van der Waals surface area contributed by atoms with Crippen LogP contribution in [-0.4, -0.2) is 13.1 Å². The number of hydrogen-bond acceptors (Lipinski definition) is 2. The first-order chi connectivity index (χ1) is 6.09. The zero-order chi connectivity index (χ0) is 9.64. The minimum absolute atomic E-state index is 0.0561. The van der Waals surface area contributed by atoms with Crippen molar-refractivity contribution in [3.8, 4) is 0 Å². The SMILES string of the molecule is COC(=O)C1C(=C2CCC2)C1(C)C. The Hall–Kier alpha value is -0.790. The third-order valence-electron chi connectivity index (χ3n) is 3.40. The van der Waals surface area contributed by atoms with Crippen LogP contribution in [0.1, 0.15) is 33.1 Å². The first-order valence-corrected chi connectivity index (χ1v) is 4.89. The van der Waals surface area contributed by atoms with Crippen molar-refractivity contribution in [3.63, 3.8) is 0 Å². The molecule has 0 aromatic carbocycles. The highest BCUT2D eigenvalue weighted by molar-refractivity contribution is 5.84. The van der Waals surface area contributed by atoms with Gasteiger partial charge in [-0.3, -0.25) is 4.79 Å². The van der Waals surface area contributed by atoms with Crippen LogP contribution in [0.4, 0.5) is 0 Å². The number of allylic oxidation sites excluding steroid dienone is 1. The fraction of sp³-hybridized carbons (Fsp3) is 0.727. The highest BCUT2D eigenvalue weighted by atomic mass is 16.5. The Morgan fingerprint density at radius 1 is 1.46 bits per heavy atom. The zero-order valence-electron chi connectivity index (χ0n) is 8.52. The Kier molecular flexibility index (Phi) is 1.76. The summed E-state index contributed by atoms with van der Waals surface area (Å²) in [6.07, 6.45) is 3.70. The van der Waals surface area contributed by atoms with Gasteiger partial charge in [0.15, 0.2) is 0 Å². The molecule has 1 unspecified atom stereocenters. The predicted molar refractivity (Wildman–Crippen MR) is 50.2 cm³/mol. The molecule has 13 heavy (non-hydrogen) atoms. The number of methoxy groups -OCH3 is 1. The van der Waals surface area contributed by atoms with Crippen LogP contribution in [0.25, 0.3) is 0 Å². The number of carbonyl (C=O) groups excluding carboxylic acids is 1. The van der Waals surface area contributed by atoms with Crippen molar-refractivity contribution in [2.24, 2.45) is 11.3 Å². The largest absolute Gasteiger partial charge is 0.469 e. The number of ether oxygens (including phenoxy) is 1. The minimum atomic E-state index is -0.0561. The van der Waals surface area contributed by atoms with Gasteiger partial charge in [0.1, 0.15) is 0 Å². The van der Waals surface area contributed by atoms with E-state index in [0.717, 1.165) is 0 Å². The summed E-state index contributed by atoms with van der Waals surface area (Å²) in [6.45, 7) is 4.27. The molecule has 0 aliphatic heterocycles. The van der Waals surface area contributed by atoms with Crippen molar-refractivity contribution < 1.29 is 9.53 Å². The van der Waals surface area contributed by atoms with Crippen molar-refractivity contribution in [1.29, 1.82) is 0 Å². The number of carbonyl (C=O) groups is 1. The summed E-state index contributed by atoms with van der Waals surface area (Å²) >= 11 is 0. The Bertz CT molecular complexity index is 280. The van der Waals surface area contributed by atoms with E-state index in [9.17, 15) is 4.79 Å². The average molecular weight is 180 g/mol. The molecule has 0 radical (unpaired) electrons. The van der Waals surface area contributed by atoms with Gasteiger partial charge in [0, 0.05) is 5.41 Å². The molecule has 72 valence electrons. The molecule has 0 aromatic heterocycles. The molecule has 0 aromatic rings. The lowest BCUT2D eigenvalue weighted by Crippen LogP contribution is -2.07. The van der Waals surface area contributed by atoms with Gasteiger partial charge in [-0.2, -0.15) is 0 Å². The van der Waals surface area contributed by atoms with E-state index in [4.69, 9.17) is 4.74 Å². The second-order valence-electron chi connectivity index (χ2n) is 4.55. The first kappa shape index (κ1) is 8.79. The van der Waals surface area contributed by atoms with Crippen molar-refractivity contribution in [2.45, 2.75) is 33.1 Å². The number of hydrogen-bond donors (Lipinski definition) is 0. The van der Waals surface area contributed by atoms with E-state index < -0.39 is 0 Å². The molecule has 0 bridgehead atoms. The molecular weight excluding hydrogens is 164 g/mol. The van der Waals surface area contributed by atoms with E-state index in [0.29, 0.717) is 0 Å². The van der Waals surface area contributed by atoms with Gasteiger partial charge in [0.2, 0.25) is 0 Å². The lowest BCUT2D eigenvalue weighted by atomic mass is 9.90. The van der Waals surface area contributed by atoms with Crippen LogP contribution in [0.5, 0.6) is 0 Å². The number of esters is 1. The molecule has 0 heterocycles. The molecule has 2 nitrogen and oxygen atoms in total. The first-order valence-electron chi connectivity index (χ1n) is 4.89. The van der Waals surface area contributed by atoms with Crippen molar-refractivity contribution >= 4 is 5.97 Å². The van der Waals surface area contributed by atoms with Crippen molar-refractivity contribution in [1.82, 2.24) is 0 Å². The fourth-order valence-corrected chi connectivity index (χ4v) is 2.36. The smallest absolute Gasteiger partial charge is 0.313 e. The topological polar surface area (TPSA) is 26.3 Å². The van der Waals surface area contributed by atoms with E-state index in [2.05, 4.69) is 13.8 Å². The summed E-state index contributed by atoms with van der Waals surface area (Å²) in [7, 11) is 1.47. The second kappa shape index (κ2) is 2.60. The molecule has 0 saturated heterocycles.